The summed E-state index contributed by atoms with van der Waals surface area (Å²) in [4.78, 5) is 23.7. The van der Waals surface area contributed by atoms with E-state index in [0.29, 0.717) is 12.4 Å². The number of H-pyrrole nitrogens is 1. The maximum Gasteiger partial charge on any atom is 0.439 e. The first-order chi connectivity index (χ1) is 17.1. The predicted molar refractivity (Wildman–Crippen MR) is 135 cm³/mol. The minimum absolute atomic E-state index is 0.413. The van der Waals surface area contributed by atoms with Crippen LogP contribution in [0, 0.1) is 6.92 Å². The number of nitrogens with zero attached hydrogens (tertiary/aromatic N) is 4. The molecule has 0 radical (unpaired) electrons. The second-order valence-corrected chi connectivity index (χ2v) is 8.95. The number of fused-ring (bicyclic) bond motifs is 3. The zero-order chi connectivity index (χ0) is 23.9. The highest BCUT2D eigenvalue weighted by molar-refractivity contribution is 5.93. The molecular weight excluding hydrogens is 438 g/mol. The molecule has 174 valence electrons. The third-order valence-corrected chi connectivity index (χ3v) is 6.74. The molecule has 5 aromatic rings. The quantitative estimate of drug-likeness (QED) is 0.417. The molecule has 7 nitrogen and oxygen atoms in total. The van der Waals surface area contributed by atoms with E-state index in [1.54, 1.807) is 0 Å². The number of hydrogen-bond acceptors (Lipinski definition) is 5. The van der Waals surface area contributed by atoms with Crippen molar-refractivity contribution >= 4 is 22.8 Å². The van der Waals surface area contributed by atoms with Crippen LogP contribution in [-0.2, 0) is 25.8 Å². The molecule has 0 saturated heterocycles. The Kier molecular flexibility index (Phi) is 5.17. The third kappa shape index (κ3) is 3.79. The molecule has 3 heterocycles. The van der Waals surface area contributed by atoms with Crippen molar-refractivity contribution in [3.05, 3.63) is 110 Å². The fourth-order valence-corrected chi connectivity index (χ4v) is 5.03. The molecule has 7 heteroatoms. The summed E-state index contributed by atoms with van der Waals surface area (Å²) >= 11 is 0. The number of aromatic amines is 1. The van der Waals surface area contributed by atoms with Crippen molar-refractivity contribution in [3.63, 3.8) is 0 Å². The molecule has 1 aliphatic carbocycles. The maximum atomic E-state index is 11.5. The Bertz CT molecular complexity index is 1650. The topological polar surface area (TPSA) is 89.6 Å². The van der Waals surface area contributed by atoms with E-state index in [1.807, 2.05) is 24.4 Å². The molecule has 0 bridgehead atoms. The average molecular weight is 464 g/mol. The molecule has 0 amide bonds. The van der Waals surface area contributed by atoms with Crippen LogP contribution in [0.3, 0.4) is 0 Å². The summed E-state index contributed by atoms with van der Waals surface area (Å²) < 4.78 is 6.96. The number of nitrogens with one attached hydrogen (secondary N) is 1. The van der Waals surface area contributed by atoms with E-state index < -0.39 is 5.76 Å². The fraction of sp³-hybridized carbons (Fsp3) is 0.214. The Balaban J connectivity index is 1.45. The SMILES string of the molecule is CCc1nc2c(C)ccnc2n1Cc1ccc2c(c1)CCc1ccccc1C2=Cc1noc(=O)[nH]1. The van der Waals surface area contributed by atoms with E-state index in [4.69, 9.17) is 9.51 Å². The van der Waals surface area contributed by atoms with Gasteiger partial charge < -0.3 is 4.57 Å². The van der Waals surface area contributed by atoms with Crippen LogP contribution in [-0.4, -0.2) is 24.7 Å². The summed E-state index contributed by atoms with van der Waals surface area (Å²) in [5.41, 5.74) is 10.1. The van der Waals surface area contributed by atoms with E-state index in [2.05, 4.69) is 69.9 Å². The first-order valence-electron chi connectivity index (χ1n) is 11.9. The summed E-state index contributed by atoms with van der Waals surface area (Å²) in [5, 5.41) is 3.87. The van der Waals surface area contributed by atoms with Gasteiger partial charge in [0.05, 0.1) is 6.54 Å². The van der Waals surface area contributed by atoms with Gasteiger partial charge in [-0.15, -0.1) is 0 Å². The predicted octanol–water partition coefficient (Wildman–Crippen LogP) is 4.71. The van der Waals surface area contributed by atoms with Crippen molar-refractivity contribution in [2.75, 3.05) is 0 Å². The molecule has 0 unspecified atom stereocenters. The third-order valence-electron chi connectivity index (χ3n) is 6.74. The van der Waals surface area contributed by atoms with Gasteiger partial charge in [0.15, 0.2) is 11.5 Å². The average Bonchev–Trinajstić information content (AvgIpc) is 3.41. The maximum absolute atomic E-state index is 11.5. The van der Waals surface area contributed by atoms with Gasteiger partial charge in [-0.2, -0.15) is 0 Å². The fourth-order valence-electron chi connectivity index (χ4n) is 5.03. The van der Waals surface area contributed by atoms with Gasteiger partial charge in [0.25, 0.3) is 0 Å². The number of rotatable bonds is 4. The Morgan fingerprint density at radius 2 is 1.91 bits per heavy atom. The highest BCUT2D eigenvalue weighted by Gasteiger charge is 2.20. The Morgan fingerprint density at radius 3 is 2.74 bits per heavy atom. The first kappa shape index (κ1) is 21.3. The van der Waals surface area contributed by atoms with E-state index in [9.17, 15) is 4.79 Å². The van der Waals surface area contributed by atoms with Crippen molar-refractivity contribution in [2.45, 2.75) is 39.7 Å². The Labute approximate surface area is 202 Å². The first-order valence-corrected chi connectivity index (χ1v) is 11.9. The van der Waals surface area contributed by atoms with E-state index in [1.165, 1.54) is 16.7 Å². The van der Waals surface area contributed by atoms with E-state index >= 15 is 0 Å². The number of pyridine rings is 1. The zero-order valence-electron chi connectivity index (χ0n) is 19.7. The zero-order valence-corrected chi connectivity index (χ0v) is 19.7. The van der Waals surface area contributed by atoms with Crippen LogP contribution in [0.1, 0.15) is 52.0 Å². The molecule has 6 rings (SSSR count). The summed E-state index contributed by atoms with van der Waals surface area (Å²) in [6.45, 7) is 4.93. The second-order valence-electron chi connectivity index (χ2n) is 8.95. The molecule has 1 N–H and O–H groups in total. The standard InChI is InChI=1S/C28H25N5O2/c1-3-25-31-26-17(2)12-13-29-27(26)33(25)16-18-8-11-22-20(14-18)10-9-19-6-4-5-7-21(19)23(22)15-24-30-28(34)35-32-24/h4-8,11-15H,3,9-10,16H2,1-2H3,(H,30,32,34). The molecule has 0 atom stereocenters. The summed E-state index contributed by atoms with van der Waals surface area (Å²) in [6, 6.07) is 17.1. The highest BCUT2D eigenvalue weighted by atomic mass is 16.5. The van der Waals surface area contributed by atoms with Gasteiger partial charge in [0.1, 0.15) is 11.3 Å². The second kappa shape index (κ2) is 8.51. The number of imidazole rings is 1. The molecule has 0 aliphatic heterocycles. The molecule has 0 fully saturated rings. The largest absolute Gasteiger partial charge is 0.439 e. The van der Waals surface area contributed by atoms with Crippen LogP contribution in [0.15, 0.2) is 64.0 Å². The number of hydrogen-bond donors (Lipinski definition) is 1. The van der Waals surface area contributed by atoms with E-state index in [0.717, 1.165) is 58.5 Å². The lowest BCUT2D eigenvalue weighted by atomic mass is 9.92. The van der Waals surface area contributed by atoms with Crippen molar-refractivity contribution in [1.82, 2.24) is 24.7 Å². The van der Waals surface area contributed by atoms with Crippen LogP contribution >= 0.6 is 0 Å². The van der Waals surface area contributed by atoms with Gasteiger partial charge in [-0.25, -0.2) is 14.8 Å². The molecule has 0 saturated carbocycles. The molecule has 1 aliphatic rings. The Morgan fingerprint density at radius 1 is 1.09 bits per heavy atom. The van der Waals surface area contributed by atoms with Gasteiger partial charge in [0.2, 0.25) is 0 Å². The lowest BCUT2D eigenvalue weighted by Gasteiger charge is -2.14. The molecular formula is C28H25N5O2. The van der Waals surface area contributed by atoms with Crippen molar-refractivity contribution < 1.29 is 4.52 Å². The van der Waals surface area contributed by atoms with Crippen molar-refractivity contribution in [3.8, 4) is 0 Å². The molecule has 2 aromatic carbocycles. The number of aryl methyl sites for hydroxylation is 4. The smallest absolute Gasteiger partial charge is 0.308 e. The summed E-state index contributed by atoms with van der Waals surface area (Å²) in [7, 11) is 0. The van der Waals surface area contributed by atoms with Gasteiger partial charge in [0, 0.05) is 12.6 Å². The highest BCUT2D eigenvalue weighted by Crippen LogP contribution is 2.35. The lowest BCUT2D eigenvalue weighted by molar-refractivity contribution is 0.385. The minimum Gasteiger partial charge on any atom is -0.308 e. The molecule has 35 heavy (non-hydrogen) atoms. The van der Waals surface area contributed by atoms with Gasteiger partial charge in [-0.3, -0.25) is 9.51 Å². The minimum atomic E-state index is -0.558. The van der Waals surface area contributed by atoms with E-state index in [-0.39, 0.29) is 0 Å². The Hall–Kier alpha value is -4.26. The van der Waals surface area contributed by atoms with Crippen LogP contribution in [0.25, 0.3) is 22.8 Å². The normalized spacial score (nSPS) is 14.2. The van der Waals surface area contributed by atoms with Crippen molar-refractivity contribution in [1.29, 1.82) is 0 Å². The molecule has 3 aromatic heterocycles. The van der Waals surface area contributed by atoms with Crippen LogP contribution in [0.4, 0.5) is 0 Å². The van der Waals surface area contributed by atoms with Gasteiger partial charge in [-0.05, 0) is 70.9 Å². The van der Waals surface area contributed by atoms with Gasteiger partial charge in [-0.1, -0.05) is 54.5 Å². The number of aromatic nitrogens is 5. The van der Waals surface area contributed by atoms with Gasteiger partial charge >= 0.3 is 5.76 Å². The lowest BCUT2D eigenvalue weighted by Crippen LogP contribution is -2.06. The molecule has 0 spiro atoms. The summed E-state index contributed by atoms with van der Waals surface area (Å²) in [5.74, 6) is 0.896. The summed E-state index contributed by atoms with van der Waals surface area (Å²) in [6.07, 6.45) is 6.47. The van der Waals surface area contributed by atoms with Crippen LogP contribution < -0.4 is 5.76 Å². The van der Waals surface area contributed by atoms with Crippen LogP contribution in [0.2, 0.25) is 0 Å². The number of benzene rings is 2. The van der Waals surface area contributed by atoms with Crippen molar-refractivity contribution in [2.24, 2.45) is 0 Å². The van der Waals surface area contributed by atoms with Crippen LogP contribution in [0.5, 0.6) is 0 Å². The monoisotopic (exact) mass is 463 g/mol.